The van der Waals surface area contributed by atoms with E-state index in [0.717, 1.165) is 37.8 Å². The van der Waals surface area contributed by atoms with E-state index in [1.165, 1.54) is 11.2 Å². The second-order valence-electron chi connectivity index (χ2n) is 10.4. The molecule has 0 aromatic heterocycles. The van der Waals surface area contributed by atoms with Gasteiger partial charge in [-0.25, -0.2) is 13.2 Å². The molecule has 2 amide bonds. The molecule has 9 heteroatoms. The summed E-state index contributed by atoms with van der Waals surface area (Å²) in [7, 11) is -3.19. The first-order chi connectivity index (χ1) is 15.7. The molecule has 192 valence electrons. The van der Waals surface area contributed by atoms with Crippen molar-refractivity contribution in [2.24, 2.45) is 0 Å². The van der Waals surface area contributed by atoms with Crippen LogP contribution in [0.1, 0.15) is 59.4 Å². The van der Waals surface area contributed by atoms with Crippen LogP contribution in [0.4, 0.5) is 4.79 Å². The van der Waals surface area contributed by atoms with Crippen LogP contribution >= 0.6 is 0 Å². The smallest absolute Gasteiger partial charge is 0.410 e. The number of carbonyl (C=O) groups is 2. The average Bonchev–Trinajstić information content (AvgIpc) is 2.73. The zero-order valence-corrected chi connectivity index (χ0v) is 22.3. The minimum atomic E-state index is -3.19. The summed E-state index contributed by atoms with van der Waals surface area (Å²) in [4.78, 5) is 28.3. The summed E-state index contributed by atoms with van der Waals surface area (Å²) in [5.74, 6) is -0.0407. The Bertz CT molecular complexity index is 940. The standard InChI is InChI=1S/C25H41N3O5S/c1-7-25(5,18-20-10-12-21(13-11-20)34(6,31)32)26-14-8-9-15-27-16-17-28(19-22(27)29)23(30)33-24(2,3)4/h10-13,26H,7-9,14-19H2,1-6H3. The number of amides is 2. The molecular formula is C25H41N3O5S. The number of nitrogens with zero attached hydrogens (tertiary/aromatic N) is 2. The highest BCUT2D eigenvalue weighted by molar-refractivity contribution is 7.90. The lowest BCUT2D eigenvalue weighted by molar-refractivity contribution is -0.135. The van der Waals surface area contributed by atoms with E-state index in [9.17, 15) is 18.0 Å². The lowest BCUT2D eigenvalue weighted by atomic mass is 9.90. The first-order valence-corrected chi connectivity index (χ1v) is 13.9. The monoisotopic (exact) mass is 495 g/mol. The lowest BCUT2D eigenvalue weighted by Crippen LogP contribution is -2.53. The number of sulfone groups is 1. The third kappa shape index (κ3) is 8.91. The Morgan fingerprint density at radius 1 is 1.09 bits per heavy atom. The Hall–Kier alpha value is -2.13. The second-order valence-corrected chi connectivity index (χ2v) is 12.4. The molecule has 8 nitrogen and oxygen atoms in total. The van der Waals surface area contributed by atoms with Crippen molar-refractivity contribution < 1.29 is 22.7 Å². The van der Waals surface area contributed by atoms with E-state index in [0.29, 0.717) is 24.5 Å². The number of nitrogens with one attached hydrogen (secondary N) is 1. The molecule has 0 radical (unpaired) electrons. The van der Waals surface area contributed by atoms with Crippen molar-refractivity contribution in [1.82, 2.24) is 15.1 Å². The van der Waals surface area contributed by atoms with Crippen LogP contribution in [0.25, 0.3) is 0 Å². The van der Waals surface area contributed by atoms with Crippen molar-refractivity contribution in [1.29, 1.82) is 0 Å². The molecule has 1 N–H and O–H groups in total. The van der Waals surface area contributed by atoms with E-state index in [-0.39, 0.29) is 18.0 Å². The van der Waals surface area contributed by atoms with Crippen molar-refractivity contribution in [2.75, 3.05) is 39.0 Å². The van der Waals surface area contributed by atoms with Gasteiger partial charge in [-0.05, 0) is 77.6 Å². The number of ether oxygens (including phenoxy) is 1. The Morgan fingerprint density at radius 2 is 1.74 bits per heavy atom. The summed E-state index contributed by atoms with van der Waals surface area (Å²) in [6.45, 7) is 12.4. The number of piperazine rings is 1. The van der Waals surface area contributed by atoms with E-state index in [1.807, 2.05) is 37.8 Å². The molecule has 0 aliphatic carbocycles. The molecule has 0 spiro atoms. The zero-order chi connectivity index (χ0) is 25.6. The third-order valence-corrected chi connectivity index (χ3v) is 7.23. The molecule has 1 fully saturated rings. The molecule has 0 bridgehead atoms. The highest BCUT2D eigenvalue weighted by Crippen LogP contribution is 2.19. The summed E-state index contributed by atoms with van der Waals surface area (Å²) in [6, 6.07) is 7.10. The summed E-state index contributed by atoms with van der Waals surface area (Å²) >= 11 is 0. The first-order valence-electron chi connectivity index (χ1n) is 12.0. The van der Waals surface area contributed by atoms with Crippen LogP contribution in [-0.4, -0.2) is 80.3 Å². The molecule has 1 aromatic rings. The van der Waals surface area contributed by atoms with Crippen molar-refractivity contribution >= 4 is 21.8 Å². The second kappa shape index (κ2) is 11.5. The van der Waals surface area contributed by atoms with Crippen molar-refractivity contribution in [3.8, 4) is 0 Å². The Labute approximate surface area is 204 Å². The molecule has 1 aliphatic heterocycles. The highest BCUT2D eigenvalue weighted by Gasteiger charge is 2.30. The van der Waals surface area contributed by atoms with Crippen LogP contribution in [0, 0.1) is 0 Å². The van der Waals surface area contributed by atoms with Gasteiger partial charge in [0.15, 0.2) is 9.84 Å². The number of unbranched alkanes of at least 4 members (excludes halogenated alkanes) is 1. The molecule has 34 heavy (non-hydrogen) atoms. The molecule has 1 aromatic carbocycles. The fraction of sp³-hybridized carbons (Fsp3) is 0.680. The van der Waals surface area contributed by atoms with Crippen molar-refractivity contribution in [3.63, 3.8) is 0 Å². The van der Waals surface area contributed by atoms with Crippen molar-refractivity contribution in [3.05, 3.63) is 29.8 Å². The normalized spacial score (nSPS) is 16.9. The van der Waals surface area contributed by atoms with Crippen LogP contribution in [-0.2, 0) is 25.8 Å². The van der Waals surface area contributed by atoms with Gasteiger partial charge in [-0.1, -0.05) is 19.1 Å². The molecule has 1 atom stereocenters. The fourth-order valence-corrected chi connectivity index (χ4v) is 4.49. The molecule has 2 rings (SSSR count). The molecule has 0 saturated carbocycles. The van der Waals surface area contributed by atoms with Gasteiger partial charge in [-0.3, -0.25) is 9.69 Å². The largest absolute Gasteiger partial charge is 0.444 e. The summed E-state index contributed by atoms with van der Waals surface area (Å²) in [5.41, 5.74) is 0.427. The molecule has 1 saturated heterocycles. The maximum atomic E-state index is 12.5. The fourth-order valence-electron chi connectivity index (χ4n) is 3.86. The number of carbonyl (C=O) groups excluding carboxylic acids is 2. The van der Waals surface area contributed by atoms with Gasteiger partial charge < -0.3 is 15.0 Å². The van der Waals surface area contributed by atoms with E-state index < -0.39 is 21.5 Å². The number of hydrogen-bond acceptors (Lipinski definition) is 6. The lowest BCUT2D eigenvalue weighted by Gasteiger charge is -2.35. The molecule has 1 unspecified atom stereocenters. The van der Waals surface area contributed by atoms with Gasteiger partial charge in [0, 0.05) is 31.4 Å². The summed E-state index contributed by atoms with van der Waals surface area (Å²) in [6.07, 6.45) is 4.34. The zero-order valence-electron chi connectivity index (χ0n) is 21.5. The van der Waals surface area contributed by atoms with E-state index in [2.05, 4.69) is 19.2 Å². The van der Waals surface area contributed by atoms with E-state index >= 15 is 0 Å². The van der Waals surface area contributed by atoms with Crippen molar-refractivity contribution in [2.45, 2.75) is 76.3 Å². The summed E-state index contributed by atoms with van der Waals surface area (Å²) in [5, 5.41) is 3.64. The Balaban J connectivity index is 1.74. The minimum absolute atomic E-state index is 0.0407. The Kier molecular flexibility index (Phi) is 9.53. The molecule has 1 aliphatic rings. The predicted octanol–water partition coefficient (Wildman–Crippen LogP) is 3.25. The maximum Gasteiger partial charge on any atom is 0.410 e. The van der Waals surface area contributed by atoms with Gasteiger partial charge in [-0.2, -0.15) is 0 Å². The highest BCUT2D eigenvalue weighted by atomic mass is 32.2. The first kappa shape index (κ1) is 28.1. The van der Waals surface area contributed by atoms with Gasteiger partial charge in [-0.15, -0.1) is 0 Å². The van der Waals surface area contributed by atoms with Crippen LogP contribution in [0.3, 0.4) is 0 Å². The van der Waals surface area contributed by atoms with Gasteiger partial charge in [0.2, 0.25) is 5.91 Å². The van der Waals surface area contributed by atoms with E-state index in [4.69, 9.17) is 4.74 Å². The number of rotatable bonds is 10. The predicted molar refractivity (Wildman–Crippen MR) is 134 cm³/mol. The minimum Gasteiger partial charge on any atom is -0.444 e. The maximum absolute atomic E-state index is 12.5. The topological polar surface area (TPSA) is 96.0 Å². The number of hydrogen-bond donors (Lipinski definition) is 1. The molecular weight excluding hydrogens is 454 g/mol. The number of benzene rings is 1. The third-order valence-electron chi connectivity index (χ3n) is 6.10. The Morgan fingerprint density at radius 3 is 2.26 bits per heavy atom. The van der Waals surface area contributed by atoms with Crippen LogP contribution in [0.5, 0.6) is 0 Å². The van der Waals surface area contributed by atoms with Gasteiger partial charge in [0.25, 0.3) is 0 Å². The van der Waals surface area contributed by atoms with Crippen LogP contribution in [0.2, 0.25) is 0 Å². The quantitative estimate of drug-likeness (QED) is 0.501. The van der Waals surface area contributed by atoms with Crippen LogP contribution in [0.15, 0.2) is 29.2 Å². The van der Waals surface area contributed by atoms with Crippen LogP contribution < -0.4 is 5.32 Å². The van der Waals surface area contributed by atoms with Gasteiger partial charge in [0.1, 0.15) is 12.1 Å². The van der Waals surface area contributed by atoms with E-state index in [1.54, 1.807) is 12.1 Å². The summed E-state index contributed by atoms with van der Waals surface area (Å²) < 4.78 is 28.7. The van der Waals surface area contributed by atoms with Gasteiger partial charge >= 0.3 is 6.09 Å². The molecule has 1 heterocycles. The average molecular weight is 496 g/mol. The van der Waals surface area contributed by atoms with Gasteiger partial charge in [0.05, 0.1) is 4.90 Å². The SMILES string of the molecule is CCC(C)(Cc1ccc(S(C)(=O)=O)cc1)NCCCCN1CCN(C(=O)OC(C)(C)C)CC1=O.